The van der Waals surface area contributed by atoms with Gasteiger partial charge >= 0.3 is 0 Å². The van der Waals surface area contributed by atoms with Crippen LogP contribution in [0.2, 0.25) is 0 Å². The minimum absolute atomic E-state index is 0.322. The summed E-state index contributed by atoms with van der Waals surface area (Å²) >= 11 is 0. The maximum Gasteiger partial charge on any atom is 0.126 e. The third-order valence-electron chi connectivity index (χ3n) is 6.15. The maximum atomic E-state index is 13.9. The van der Waals surface area contributed by atoms with Crippen LogP contribution in [-0.2, 0) is 0 Å². The Labute approximate surface area is 229 Å². The number of halogens is 8. The molecular weight excluding hydrogens is 574 g/mol. The quantitative estimate of drug-likeness (QED) is 0.0935. The Kier molecular flexibility index (Phi) is 10.3. The third-order valence-corrected chi connectivity index (χ3v) is 11.2. The van der Waals surface area contributed by atoms with Gasteiger partial charge in [0.1, 0.15) is 46.5 Å². The minimum Gasteiger partial charge on any atom is -0.207 e. The van der Waals surface area contributed by atoms with E-state index in [0.29, 0.717) is 59.2 Å². The van der Waals surface area contributed by atoms with E-state index >= 15 is 0 Å². The normalized spacial score (nSPS) is 11.6. The molecule has 40 heavy (non-hydrogen) atoms. The van der Waals surface area contributed by atoms with Crippen molar-refractivity contribution in [1.29, 1.82) is 0 Å². The van der Waals surface area contributed by atoms with E-state index in [1.54, 1.807) is 0 Å². The highest BCUT2D eigenvalue weighted by Crippen LogP contribution is 2.38. The summed E-state index contributed by atoms with van der Waals surface area (Å²) in [7, 11) is -2.92. The Morgan fingerprint density at radius 2 is 0.500 bits per heavy atom. The first-order valence-corrected chi connectivity index (χ1v) is 15.5. The summed E-state index contributed by atoms with van der Waals surface area (Å²) < 4.78 is 111. The lowest BCUT2D eigenvalue weighted by Crippen LogP contribution is -2.17. The molecule has 0 fully saturated rings. The van der Waals surface area contributed by atoms with E-state index in [0.717, 1.165) is 24.3 Å². The smallest absolute Gasteiger partial charge is 0.126 e. The molecule has 0 saturated carbocycles. The van der Waals surface area contributed by atoms with Crippen LogP contribution in [0.1, 0.15) is 25.7 Å². The van der Waals surface area contributed by atoms with Crippen LogP contribution in [0.4, 0.5) is 35.1 Å². The zero-order valence-corrected chi connectivity index (χ0v) is 22.9. The monoisotopic (exact) mass is 598 g/mol. The fourth-order valence-electron chi connectivity index (χ4n) is 4.49. The van der Waals surface area contributed by atoms with Gasteiger partial charge in [-0.1, -0.05) is 12.8 Å². The third kappa shape index (κ3) is 8.34. The Morgan fingerprint density at radius 3 is 0.700 bits per heavy atom. The SMILES string of the molecule is Fc1cc(F)cc(P(CCCCCCP(c2cc(F)cc(F)c2)c2cc(F)cc(F)c2)c2cc(F)cc(F)c2)c1. The zero-order chi connectivity index (χ0) is 28.8. The van der Waals surface area contributed by atoms with Crippen molar-refractivity contribution in [2.45, 2.75) is 25.7 Å². The first kappa shape index (κ1) is 30.1. The molecular formula is C30H24F8P2. The van der Waals surface area contributed by atoms with Crippen LogP contribution in [-0.4, -0.2) is 12.3 Å². The molecule has 0 bridgehead atoms. The van der Waals surface area contributed by atoms with E-state index < -0.39 is 62.4 Å². The van der Waals surface area contributed by atoms with Gasteiger partial charge in [-0.3, -0.25) is 0 Å². The number of benzene rings is 4. The van der Waals surface area contributed by atoms with Crippen molar-refractivity contribution in [2.75, 3.05) is 12.3 Å². The number of hydrogen-bond donors (Lipinski definition) is 0. The molecule has 0 atom stereocenters. The average molecular weight is 598 g/mol. The highest BCUT2D eigenvalue weighted by atomic mass is 31.1. The molecule has 210 valence electrons. The second-order valence-electron chi connectivity index (χ2n) is 9.23. The summed E-state index contributed by atoms with van der Waals surface area (Å²) in [5, 5.41) is 1.29. The molecule has 0 heterocycles. The summed E-state index contributed by atoms with van der Waals surface area (Å²) in [5.41, 5.74) is 0. The Balaban J connectivity index is 1.44. The molecule has 0 aliphatic carbocycles. The number of rotatable bonds is 11. The van der Waals surface area contributed by atoms with Crippen molar-refractivity contribution >= 4 is 37.1 Å². The van der Waals surface area contributed by atoms with Gasteiger partial charge in [-0.15, -0.1) is 0 Å². The van der Waals surface area contributed by atoms with Crippen LogP contribution in [0.15, 0.2) is 72.8 Å². The van der Waals surface area contributed by atoms with Crippen molar-refractivity contribution in [3.8, 4) is 0 Å². The summed E-state index contributed by atoms with van der Waals surface area (Å²) in [5.74, 6) is -6.26. The van der Waals surface area contributed by atoms with Crippen molar-refractivity contribution in [3.63, 3.8) is 0 Å². The van der Waals surface area contributed by atoms with Gasteiger partial charge in [0.05, 0.1) is 0 Å². The van der Waals surface area contributed by atoms with Crippen molar-refractivity contribution in [2.24, 2.45) is 0 Å². The fourth-order valence-corrected chi connectivity index (χ4v) is 9.43. The van der Waals surface area contributed by atoms with Crippen LogP contribution >= 0.6 is 15.8 Å². The first-order valence-electron chi connectivity index (χ1n) is 12.5. The lowest BCUT2D eigenvalue weighted by Gasteiger charge is -2.20. The van der Waals surface area contributed by atoms with E-state index in [9.17, 15) is 35.1 Å². The van der Waals surface area contributed by atoms with Gasteiger partial charge in [-0.2, -0.15) is 0 Å². The van der Waals surface area contributed by atoms with E-state index in [1.807, 2.05) is 0 Å². The molecule has 0 aliphatic rings. The van der Waals surface area contributed by atoms with Crippen molar-refractivity contribution in [3.05, 3.63) is 119 Å². The Bertz CT molecular complexity index is 1180. The van der Waals surface area contributed by atoms with Crippen LogP contribution in [0.3, 0.4) is 0 Å². The topological polar surface area (TPSA) is 0 Å². The molecule has 0 amide bonds. The van der Waals surface area contributed by atoms with E-state index in [4.69, 9.17) is 0 Å². The molecule has 0 N–H and O–H groups in total. The van der Waals surface area contributed by atoms with E-state index in [-0.39, 0.29) is 0 Å². The standard InChI is InChI=1S/C30H24F8P2/c31-19-7-20(32)12-27(11-19)39(28-13-21(33)8-22(34)14-28)5-3-1-2-4-6-40(29-15-23(35)9-24(36)16-29)30-17-25(37)10-26(38)18-30/h7-18H,1-6H2. The fraction of sp³-hybridized carbons (Fsp3) is 0.200. The lowest BCUT2D eigenvalue weighted by molar-refractivity contribution is 0.584. The lowest BCUT2D eigenvalue weighted by atomic mass is 10.2. The van der Waals surface area contributed by atoms with Gasteiger partial charge in [0.15, 0.2) is 0 Å². The van der Waals surface area contributed by atoms with E-state index in [1.165, 1.54) is 48.5 Å². The largest absolute Gasteiger partial charge is 0.207 e. The van der Waals surface area contributed by atoms with Crippen molar-refractivity contribution in [1.82, 2.24) is 0 Å². The highest BCUT2D eigenvalue weighted by molar-refractivity contribution is 7.73. The average Bonchev–Trinajstić information content (AvgIpc) is 2.83. The molecule has 4 aromatic rings. The van der Waals surface area contributed by atoms with Crippen molar-refractivity contribution < 1.29 is 35.1 Å². The number of unbranched alkanes of at least 4 members (excludes halogenated alkanes) is 3. The van der Waals surface area contributed by atoms with Gasteiger partial charge in [-0.25, -0.2) is 35.1 Å². The molecule has 0 spiro atoms. The minimum atomic E-state index is -1.46. The van der Waals surface area contributed by atoms with Crippen LogP contribution in [0, 0.1) is 46.5 Å². The molecule has 4 aromatic carbocycles. The molecule has 0 nitrogen and oxygen atoms in total. The van der Waals surface area contributed by atoms with Gasteiger partial charge in [-0.05, 0) is 111 Å². The molecule has 0 unspecified atom stereocenters. The number of hydrogen-bond acceptors (Lipinski definition) is 0. The second-order valence-corrected chi connectivity index (χ2v) is 13.9. The first-order chi connectivity index (χ1) is 19.1. The summed E-state index contributed by atoms with van der Waals surface area (Å²) in [6.07, 6.45) is 3.27. The molecule has 0 saturated heterocycles. The van der Waals surface area contributed by atoms with Gasteiger partial charge < -0.3 is 0 Å². The molecule has 0 aliphatic heterocycles. The second kappa shape index (κ2) is 13.7. The van der Waals surface area contributed by atoms with Gasteiger partial charge in [0.25, 0.3) is 0 Å². The van der Waals surface area contributed by atoms with Crippen LogP contribution in [0.5, 0.6) is 0 Å². The molecule has 4 rings (SSSR count). The molecule has 0 aromatic heterocycles. The van der Waals surface area contributed by atoms with E-state index in [2.05, 4.69) is 0 Å². The Hall–Kier alpha value is -2.82. The highest BCUT2D eigenvalue weighted by Gasteiger charge is 2.19. The maximum absolute atomic E-state index is 13.9. The Morgan fingerprint density at radius 1 is 0.300 bits per heavy atom. The zero-order valence-electron chi connectivity index (χ0n) is 21.1. The summed E-state index contributed by atoms with van der Waals surface area (Å²) in [6, 6.07) is 12.3. The predicted molar refractivity (Wildman–Crippen MR) is 146 cm³/mol. The summed E-state index contributed by atoms with van der Waals surface area (Å²) in [6.45, 7) is 0. The summed E-state index contributed by atoms with van der Waals surface area (Å²) in [4.78, 5) is 0. The molecule has 0 radical (unpaired) electrons. The molecule has 10 heteroatoms. The van der Waals surface area contributed by atoms with Gasteiger partial charge in [0.2, 0.25) is 0 Å². The van der Waals surface area contributed by atoms with Crippen LogP contribution < -0.4 is 21.2 Å². The van der Waals surface area contributed by atoms with Crippen LogP contribution in [0.25, 0.3) is 0 Å². The predicted octanol–water partition coefficient (Wildman–Crippen LogP) is 7.93. The van der Waals surface area contributed by atoms with Gasteiger partial charge in [0, 0.05) is 24.3 Å².